The average molecular weight is 373 g/mol. The number of β-amino-alcohol motifs (C(OH)–C–C–N with tert-alkyl or cyclic N) is 1. The Bertz CT molecular complexity index is 523. The number of nitrogens with zero attached hydrogens (tertiary/aromatic N) is 2. The van der Waals surface area contributed by atoms with Crippen molar-refractivity contribution < 1.29 is 9.90 Å². The lowest BCUT2D eigenvalue weighted by molar-refractivity contribution is 0.0178. The highest BCUT2D eigenvalue weighted by Gasteiger charge is 2.26. The molecule has 4 nitrogen and oxygen atoms in total. The van der Waals surface area contributed by atoms with Crippen molar-refractivity contribution in [1.82, 2.24) is 9.80 Å². The van der Waals surface area contributed by atoms with E-state index in [9.17, 15) is 9.90 Å². The third-order valence-corrected chi connectivity index (χ3v) is 4.32. The lowest BCUT2D eigenvalue weighted by Crippen LogP contribution is -2.52. The molecule has 0 saturated carbocycles. The summed E-state index contributed by atoms with van der Waals surface area (Å²) in [5, 5.41) is 9.85. The fraction of sp³-hybridized carbons (Fsp3) is 0.533. The number of hydrogen-bond acceptors (Lipinski definition) is 4. The number of hydrogen-bond donors (Lipinski definition) is 2. The van der Waals surface area contributed by atoms with E-state index in [0.717, 1.165) is 17.6 Å². The summed E-state index contributed by atoms with van der Waals surface area (Å²) in [4.78, 5) is 17.2. The average Bonchev–Trinajstić information content (AvgIpc) is 2.37. The van der Waals surface area contributed by atoms with E-state index in [1.165, 1.54) is 0 Å². The summed E-state index contributed by atoms with van der Waals surface area (Å²) < 4.78 is 0.916. The summed E-state index contributed by atoms with van der Waals surface area (Å²) >= 11 is 7.75. The van der Waals surface area contributed by atoms with Gasteiger partial charge in [0, 0.05) is 42.1 Å². The zero-order valence-electron chi connectivity index (χ0n) is 12.3. The summed E-state index contributed by atoms with van der Waals surface area (Å²) in [5.41, 5.74) is -0.0617. The Morgan fingerprint density at radius 3 is 2.48 bits per heavy atom. The van der Waals surface area contributed by atoms with Crippen LogP contribution in [-0.4, -0.2) is 59.1 Å². The van der Waals surface area contributed by atoms with Crippen LogP contribution in [0.15, 0.2) is 27.6 Å². The molecule has 0 unspecified atom stereocenters. The van der Waals surface area contributed by atoms with Gasteiger partial charge in [0.1, 0.15) is 0 Å². The van der Waals surface area contributed by atoms with Crippen molar-refractivity contribution in [1.29, 1.82) is 0 Å². The molecule has 1 aromatic rings. The van der Waals surface area contributed by atoms with Crippen LogP contribution in [0.1, 0.15) is 24.2 Å². The second-order valence-corrected chi connectivity index (χ2v) is 7.44. The van der Waals surface area contributed by atoms with Gasteiger partial charge in [-0.3, -0.25) is 9.69 Å². The minimum absolute atomic E-state index is 0.0235. The maximum atomic E-state index is 12.5. The van der Waals surface area contributed by atoms with E-state index in [2.05, 4.69) is 33.5 Å². The summed E-state index contributed by atoms with van der Waals surface area (Å²) in [5.74, 6) is 0.0235. The molecule has 1 aliphatic heterocycles. The Balaban J connectivity index is 1.97. The number of carbonyl (C=O) groups excluding carboxylic acids is 1. The molecule has 1 amide bonds. The van der Waals surface area contributed by atoms with Crippen molar-refractivity contribution in [3.05, 3.63) is 28.2 Å². The first-order chi connectivity index (χ1) is 9.76. The third-order valence-electron chi connectivity index (χ3n) is 3.46. The minimum Gasteiger partial charge on any atom is -0.389 e. The van der Waals surface area contributed by atoms with E-state index >= 15 is 0 Å². The Morgan fingerprint density at radius 1 is 1.33 bits per heavy atom. The van der Waals surface area contributed by atoms with Gasteiger partial charge in [0.25, 0.3) is 5.91 Å². The molecule has 6 heteroatoms. The topological polar surface area (TPSA) is 43.8 Å². The SMILES string of the molecule is CC(C)(O)CN1CCN(C(=O)c2ccc(Br)cc2S)CC1. The fourth-order valence-electron chi connectivity index (χ4n) is 2.51. The number of benzene rings is 1. The maximum Gasteiger partial charge on any atom is 0.255 e. The highest BCUT2D eigenvalue weighted by atomic mass is 79.9. The van der Waals surface area contributed by atoms with Crippen molar-refractivity contribution in [3.63, 3.8) is 0 Å². The molecule has 2 rings (SSSR count). The van der Waals surface area contributed by atoms with Gasteiger partial charge in [-0.1, -0.05) is 15.9 Å². The number of carbonyl (C=O) groups is 1. The van der Waals surface area contributed by atoms with Gasteiger partial charge in [0.2, 0.25) is 0 Å². The molecule has 21 heavy (non-hydrogen) atoms. The molecular weight excluding hydrogens is 352 g/mol. The predicted octanol–water partition coefficient (Wildman–Crippen LogP) is 2.27. The van der Waals surface area contributed by atoms with Crippen molar-refractivity contribution in [2.75, 3.05) is 32.7 Å². The zero-order valence-corrected chi connectivity index (χ0v) is 14.8. The Morgan fingerprint density at radius 2 is 1.95 bits per heavy atom. The molecule has 0 aliphatic carbocycles. The van der Waals surface area contributed by atoms with Gasteiger partial charge in [0.05, 0.1) is 11.2 Å². The first kappa shape index (κ1) is 16.8. The summed E-state index contributed by atoms with van der Waals surface area (Å²) in [7, 11) is 0. The molecule has 0 aromatic heterocycles. The van der Waals surface area contributed by atoms with Gasteiger partial charge in [-0.25, -0.2) is 0 Å². The van der Waals surface area contributed by atoms with E-state index in [-0.39, 0.29) is 5.91 Å². The van der Waals surface area contributed by atoms with Crippen LogP contribution in [0.2, 0.25) is 0 Å². The van der Waals surface area contributed by atoms with Crippen molar-refractivity contribution in [3.8, 4) is 0 Å². The number of halogens is 1. The first-order valence-corrected chi connectivity index (χ1v) is 8.23. The van der Waals surface area contributed by atoms with Crippen LogP contribution in [0.4, 0.5) is 0 Å². The summed E-state index contributed by atoms with van der Waals surface area (Å²) in [6.07, 6.45) is 0. The standard InChI is InChI=1S/C15H21BrN2O2S/c1-15(2,20)10-17-5-7-18(8-6-17)14(19)12-4-3-11(16)9-13(12)21/h3-4,9,20-21H,5-8,10H2,1-2H3. The molecule has 0 atom stereocenters. The lowest BCUT2D eigenvalue weighted by Gasteiger charge is -2.37. The monoisotopic (exact) mass is 372 g/mol. The van der Waals surface area contributed by atoms with Crippen LogP contribution in [0, 0.1) is 0 Å². The Hall–Kier alpha value is -0.560. The summed E-state index contributed by atoms with van der Waals surface area (Å²) in [6, 6.07) is 5.50. The number of thiol groups is 1. The molecule has 1 fully saturated rings. The van der Waals surface area contributed by atoms with E-state index in [4.69, 9.17) is 0 Å². The molecule has 1 N–H and O–H groups in total. The van der Waals surface area contributed by atoms with Crippen molar-refractivity contribution in [2.45, 2.75) is 24.3 Å². The van der Waals surface area contributed by atoms with Crippen LogP contribution < -0.4 is 0 Å². The molecular formula is C15H21BrN2O2S. The van der Waals surface area contributed by atoms with Crippen LogP contribution in [0.5, 0.6) is 0 Å². The van der Waals surface area contributed by atoms with Gasteiger partial charge in [-0.05, 0) is 32.0 Å². The van der Waals surface area contributed by atoms with E-state index in [0.29, 0.717) is 30.1 Å². The van der Waals surface area contributed by atoms with Gasteiger partial charge in [-0.2, -0.15) is 0 Å². The Kier molecular flexibility index (Phi) is 5.35. The molecule has 1 aromatic carbocycles. The lowest BCUT2D eigenvalue weighted by atomic mass is 10.1. The Labute approximate surface area is 139 Å². The highest BCUT2D eigenvalue weighted by Crippen LogP contribution is 2.22. The zero-order chi connectivity index (χ0) is 15.6. The molecule has 1 aliphatic rings. The van der Waals surface area contributed by atoms with Gasteiger partial charge in [-0.15, -0.1) is 12.6 Å². The number of piperazine rings is 1. The van der Waals surface area contributed by atoms with E-state index in [1.54, 1.807) is 19.9 Å². The number of aliphatic hydroxyl groups is 1. The first-order valence-electron chi connectivity index (χ1n) is 6.99. The molecule has 0 radical (unpaired) electrons. The van der Waals surface area contributed by atoms with E-state index in [1.807, 2.05) is 17.0 Å². The van der Waals surface area contributed by atoms with Crippen molar-refractivity contribution >= 4 is 34.5 Å². The largest absolute Gasteiger partial charge is 0.389 e. The van der Waals surface area contributed by atoms with Crippen LogP contribution >= 0.6 is 28.6 Å². The highest BCUT2D eigenvalue weighted by molar-refractivity contribution is 9.10. The van der Waals surface area contributed by atoms with E-state index < -0.39 is 5.60 Å². The second kappa shape index (κ2) is 6.69. The quantitative estimate of drug-likeness (QED) is 0.799. The molecule has 1 heterocycles. The van der Waals surface area contributed by atoms with Crippen molar-refractivity contribution in [2.24, 2.45) is 0 Å². The smallest absolute Gasteiger partial charge is 0.255 e. The maximum absolute atomic E-state index is 12.5. The third kappa shape index (κ3) is 4.71. The van der Waals surface area contributed by atoms with Crippen LogP contribution in [0.3, 0.4) is 0 Å². The minimum atomic E-state index is -0.698. The molecule has 0 bridgehead atoms. The van der Waals surface area contributed by atoms with Crippen LogP contribution in [-0.2, 0) is 0 Å². The number of rotatable bonds is 3. The fourth-order valence-corrected chi connectivity index (χ4v) is 3.36. The number of amides is 1. The molecule has 116 valence electrons. The normalized spacial score (nSPS) is 17.1. The van der Waals surface area contributed by atoms with Crippen LogP contribution in [0.25, 0.3) is 0 Å². The predicted molar refractivity (Wildman–Crippen MR) is 90.0 cm³/mol. The molecule has 0 spiro atoms. The van der Waals surface area contributed by atoms with Gasteiger partial charge < -0.3 is 10.0 Å². The van der Waals surface area contributed by atoms with Gasteiger partial charge in [0.15, 0.2) is 0 Å². The summed E-state index contributed by atoms with van der Waals surface area (Å²) in [6.45, 7) is 7.17. The van der Waals surface area contributed by atoms with Gasteiger partial charge >= 0.3 is 0 Å². The second-order valence-electron chi connectivity index (χ2n) is 6.04. The molecule has 1 saturated heterocycles.